The Morgan fingerprint density at radius 2 is 1.82 bits per heavy atom. The molecule has 4 nitrogen and oxygen atoms in total. The number of benzene rings is 1. The van der Waals surface area contributed by atoms with Crippen molar-refractivity contribution in [2.75, 3.05) is 44.2 Å². The zero-order chi connectivity index (χ0) is 15.6. The van der Waals surface area contributed by atoms with Crippen LogP contribution in [0.4, 0.5) is 0 Å². The summed E-state index contributed by atoms with van der Waals surface area (Å²) in [4.78, 5) is 4.74. The Kier molecular flexibility index (Phi) is 7.25. The van der Waals surface area contributed by atoms with Gasteiger partial charge in [-0.3, -0.25) is 4.90 Å². The number of nitrogens with zero attached hydrogens (tertiary/aromatic N) is 4. The molecule has 2 rings (SSSR count). The lowest BCUT2D eigenvalue weighted by molar-refractivity contribution is 0.114. The molecule has 1 heterocycles. The van der Waals surface area contributed by atoms with Crippen LogP contribution in [0.5, 0.6) is 0 Å². The second-order valence-electron chi connectivity index (χ2n) is 5.38. The lowest BCUT2D eigenvalue weighted by Crippen LogP contribution is -2.47. The average Bonchev–Trinajstić information content (AvgIpc) is 2.58. The molecule has 0 amide bonds. The van der Waals surface area contributed by atoms with E-state index in [1.54, 1.807) is 11.8 Å². The summed E-state index contributed by atoms with van der Waals surface area (Å²) in [5, 5.41) is 18.0. The summed E-state index contributed by atoms with van der Waals surface area (Å²) in [5.74, 6) is 1.65. The highest BCUT2D eigenvalue weighted by Crippen LogP contribution is 2.21. The normalized spacial score (nSPS) is 17.5. The molecule has 1 aromatic carbocycles. The Balaban J connectivity index is 1.75. The predicted octanol–water partition coefficient (Wildman–Crippen LogP) is 2.52. The van der Waals surface area contributed by atoms with Crippen molar-refractivity contribution in [2.24, 2.45) is 0 Å². The fraction of sp³-hybridized carbons (Fsp3) is 0.529. The van der Waals surface area contributed by atoms with E-state index in [1.807, 2.05) is 30.3 Å². The summed E-state index contributed by atoms with van der Waals surface area (Å²) in [6.07, 6.45) is 1.13. The van der Waals surface area contributed by atoms with Crippen molar-refractivity contribution in [3.63, 3.8) is 0 Å². The van der Waals surface area contributed by atoms with E-state index in [0.29, 0.717) is 5.75 Å². The first-order valence-electron chi connectivity index (χ1n) is 7.71. The van der Waals surface area contributed by atoms with Crippen LogP contribution in [0.1, 0.15) is 18.0 Å². The SMILES string of the molecule is N#CCSCCCN1CCN(C(C#N)c2ccccc2)CC1. The predicted molar refractivity (Wildman–Crippen MR) is 90.4 cm³/mol. The number of hydrogen-bond acceptors (Lipinski definition) is 5. The molecule has 0 N–H and O–H groups in total. The van der Waals surface area contributed by atoms with Crippen LogP contribution in [0.25, 0.3) is 0 Å². The maximum Gasteiger partial charge on any atom is 0.123 e. The molecule has 1 unspecified atom stereocenters. The van der Waals surface area contributed by atoms with Gasteiger partial charge in [0.2, 0.25) is 0 Å². The second-order valence-corrected chi connectivity index (χ2v) is 6.49. The molecular weight excluding hydrogens is 292 g/mol. The van der Waals surface area contributed by atoms with Crippen LogP contribution in [0.2, 0.25) is 0 Å². The van der Waals surface area contributed by atoms with Crippen LogP contribution >= 0.6 is 11.8 Å². The van der Waals surface area contributed by atoms with Crippen LogP contribution in [0, 0.1) is 22.7 Å². The first kappa shape index (κ1) is 16.8. The number of rotatable bonds is 7. The van der Waals surface area contributed by atoms with Crippen LogP contribution in [-0.2, 0) is 0 Å². The van der Waals surface area contributed by atoms with Crippen molar-refractivity contribution in [3.8, 4) is 12.1 Å². The molecule has 22 heavy (non-hydrogen) atoms. The van der Waals surface area contributed by atoms with Crippen LogP contribution in [0.15, 0.2) is 30.3 Å². The molecule has 0 aromatic heterocycles. The van der Waals surface area contributed by atoms with E-state index in [2.05, 4.69) is 21.9 Å². The number of piperazine rings is 1. The molecule has 1 fully saturated rings. The van der Waals surface area contributed by atoms with Crippen molar-refractivity contribution < 1.29 is 0 Å². The van der Waals surface area contributed by atoms with Crippen molar-refractivity contribution in [1.29, 1.82) is 10.5 Å². The number of hydrogen-bond donors (Lipinski definition) is 0. The van der Waals surface area contributed by atoms with Gasteiger partial charge in [0.25, 0.3) is 0 Å². The maximum absolute atomic E-state index is 9.49. The fourth-order valence-corrected chi connectivity index (χ4v) is 3.32. The smallest absolute Gasteiger partial charge is 0.123 e. The van der Waals surface area contributed by atoms with Crippen molar-refractivity contribution in [3.05, 3.63) is 35.9 Å². The number of thioether (sulfide) groups is 1. The molecule has 1 aliphatic heterocycles. The van der Waals surface area contributed by atoms with Crippen LogP contribution in [-0.4, -0.2) is 54.0 Å². The molecule has 1 saturated heterocycles. The Hall–Kier alpha value is -1.53. The summed E-state index contributed by atoms with van der Waals surface area (Å²) in [6, 6.07) is 14.5. The standard InChI is InChI=1S/C17H22N4S/c18-7-14-22-13-4-8-20-9-11-21(12-10-20)17(15-19)16-5-2-1-3-6-16/h1-3,5-6,17H,4,8-14H2. The summed E-state index contributed by atoms with van der Waals surface area (Å²) in [5.41, 5.74) is 1.09. The summed E-state index contributed by atoms with van der Waals surface area (Å²) in [7, 11) is 0. The second kappa shape index (κ2) is 9.48. The first-order valence-corrected chi connectivity index (χ1v) is 8.86. The zero-order valence-electron chi connectivity index (χ0n) is 12.8. The summed E-state index contributed by atoms with van der Waals surface area (Å²) in [6.45, 7) is 5.02. The molecule has 0 saturated carbocycles. The molecule has 1 aliphatic rings. The van der Waals surface area contributed by atoms with E-state index in [1.165, 1.54) is 0 Å². The molecule has 116 valence electrons. The highest BCUT2D eigenvalue weighted by atomic mass is 32.2. The minimum atomic E-state index is -0.130. The molecule has 1 atom stereocenters. The zero-order valence-corrected chi connectivity index (χ0v) is 13.6. The van der Waals surface area contributed by atoms with Crippen LogP contribution in [0.3, 0.4) is 0 Å². The molecule has 0 spiro atoms. The van der Waals surface area contributed by atoms with Crippen molar-refractivity contribution >= 4 is 11.8 Å². The van der Waals surface area contributed by atoms with Gasteiger partial charge in [0.05, 0.1) is 17.9 Å². The Morgan fingerprint density at radius 1 is 1.09 bits per heavy atom. The molecule has 5 heteroatoms. The number of nitriles is 2. The van der Waals surface area contributed by atoms with E-state index in [4.69, 9.17) is 5.26 Å². The van der Waals surface area contributed by atoms with Gasteiger partial charge in [-0.1, -0.05) is 30.3 Å². The third-order valence-electron chi connectivity index (χ3n) is 3.94. The van der Waals surface area contributed by atoms with Gasteiger partial charge in [0.15, 0.2) is 0 Å². The minimum Gasteiger partial charge on any atom is -0.301 e. The van der Waals surface area contributed by atoms with E-state index >= 15 is 0 Å². The first-order chi connectivity index (χ1) is 10.8. The fourth-order valence-electron chi connectivity index (χ4n) is 2.76. The highest BCUT2D eigenvalue weighted by molar-refractivity contribution is 7.99. The third kappa shape index (κ3) is 5.03. The quantitative estimate of drug-likeness (QED) is 0.724. The van der Waals surface area contributed by atoms with Gasteiger partial charge in [-0.2, -0.15) is 10.5 Å². The highest BCUT2D eigenvalue weighted by Gasteiger charge is 2.24. The Morgan fingerprint density at radius 3 is 2.45 bits per heavy atom. The average molecular weight is 314 g/mol. The van der Waals surface area contributed by atoms with Crippen LogP contribution < -0.4 is 0 Å². The Bertz CT molecular complexity index is 512. The Labute approximate surface area is 137 Å². The van der Waals surface area contributed by atoms with E-state index < -0.39 is 0 Å². The van der Waals surface area contributed by atoms with Gasteiger partial charge in [0.1, 0.15) is 6.04 Å². The maximum atomic E-state index is 9.49. The van der Waals surface area contributed by atoms with Crippen molar-refractivity contribution in [1.82, 2.24) is 9.80 Å². The largest absolute Gasteiger partial charge is 0.301 e. The van der Waals surface area contributed by atoms with Crippen molar-refractivity contribution in [2.45, 2.75) is 12.5 Å². The van der Waals surface area contributed by atoms with Gasteiger partial charge in [-0.15, -0.1) is 11.8 Å². The molecular formula is C17H22N4S. The van der Waals surface area contributed by atoms with Gasteiger partial charge in [0, 0.05) is 26.2 Å². The molecule has 0 radical (unpaired) electrons. The monoisotopic (exact) mass is 314 g/mol. The lowest BCUT2D eigenvalue weighted by Gasteiger charge is -2.37. The van der Waals surface area contributed by atoms with E-state index in [0.717, 1.165) is 50.5 Å². The molecule has 0 bridgehead atoms. The third-order valence-corrected chi connectivity index (χ3v) is 4.85. The molecule has 0 aliphatic carbocycles. The van der Waals surface area contributed by atoms with E-state index in [9.17, 15) is 5.26 Å². The topological polar surface area (TPSA) is 54.1 Å². The minimum absolute atomic E-state index is 0.130. The summed E-state index contributed by atoms with van der Waals surface area (Å²) >= 11 is 1.71. The van der Waals surface area contributed by atoms with Gasteiger partial charge >= 0.3 is 0 Å². The van der Waals surface area contributed by atoms with E-state index in [-0.39, 0.29) is 6.04 Å². The summed E-state index contributed by atoms with van der Waals surface area (Å²) < 4.78 is 0. The van der Waals surface area contributed by atoms with Gasteiger partial charge in [-0.05, 0) is 24.3 Å². The lowest BCUT2D eigenvalue weighted by atomic mass is 10.1. The van der Waals surface area contributed by atoms with Gasteiger partial charge < -0.3 is 4.90 Å². The molecule has 1 aromatic rings. The van der Waals surface area contributed by atoms with Gasteiger partial charge in [-0.25, -0.2) is 0 Å².